The highest BCUT2D eigenvalue weighted by atomic mass is 32.1. The molecule has 0 spiro atoms. The summed E-state index contributed by atoms with van der Waals surface area (Å²) < 4.78 is 0. The summed E-state index contributed by atoms with van der Waals surface area (Å²) in [6.45, 7) is 8.25. The van der Waals surface area contributed by atoms with Crippen LogP contribution in [0.2, 0.25) is 0 Å². The number of hydrogen-bond acceptors (Lipinski definition) is 2. The van der Waals surface area contributed by atoms with Crippen LogP contribution in [0.4, 0.5) is 0 Å². The van der Waals surface area contributed by atoms with Gasteiger partial charge < -0.3 is 5.32 Å². The Labute approximate surface area is 110 Å². The normalized spacial score (nSPS) is 20.9. The van der Waals surface area contributed by atoms with Crippen molar-refractivity contribution in [3.05, 3.63) is 22.4 Å². The van der Waals surface area contributed by atoms with Gasteiger partial charge in [-0.1, -0.05) is 39.7 Å². The van der Waals surface area contributed by atoms with Crippen molar-refractivity contribution in [3.63, 3.8) is 0 Å². The molecule has 0 saturated heterocycles. The average Bonchev–Trinajstić information content (AvgIpc) is 2.90. The minimum atomic E-state index is 0.535. The van der Waals surface area contributed by atoms with Gasteiger partial charge in [0.15, 0.2) is 0 Å². The summed E-state index contributed by atoms with van der Waals surface area (Å²) in [7, 11) is 0. The molecule has 1 heterocycles. The number of thiophene rings is 1. The SMILES string of the molecule is CC(C)C(NCC1(C)CCCC1)c1cccs1. The lowest BCUT2D eigenvalue weighted by atomic mass is 9.88. The molecule has 2 rings (SSSR count). The molecule has 1 aliphatic carbocycles. The zero-order valence-electron chi connectivity index (χ0n) is 11.3. The van der Waals surface area contributed by atoms with Crippen LogP contribution in [0, 0.1) is 11.3 Å². The third kappa shape index (κ3) is 3.32. The largest absolute Gasteiger partial charge is 0.308 e. The van der Waals surface area contributed by atoms with Gasteiger partial charge in [-0.15, -0.1) is 11.3 Å². The van der Waals surface area contributed by atoms with Crippen molar-refractivity contribution in [1.82, 2.24) is 5.32 Å². The van der Waals surface area contributed by atoms with Gasteiger partial charge in [0.25, 0.3) is 0 Å². The molecule has 0 amide bonds. The minimum absolute atomic E-state index is 0.535. The van der Waals surface area contributed by atoms with Crippen molar-refractivity contribution in [2.45, 2.75) is 52.5 Å². The van der Waals surface area contributed by atoms with Crippen LogP contribution >= 0.6 is 11.3 Å². The summed E-state index contributed by atoms with van der Waals surface area (Å²) in [5.74, 6) is 0.665. The summed E-state index contributed by atoms with van der Waals surface area (Å²) in [5.41, 5.74) is 0.546. The summed E-state index contributed by atoms with van der Waals surface area (Å²) in [4.78, 5) is 1.49. The van der Waals surface area contributed by atoms with Crippen LogP contribution in [0.1, 0.15) is 57.4 Å². The predicted octanol–water partition coefficient (Wildman–Crippen LogP) is 4.62. The van der Waals surface area contributed by atoms with Gasteiger partial charge in [0, 0.05) is 17.5 Å². The predicted molar refractivity (Wildman–Crippen MR) is 76.5 cm³/mol. The third-order valence-corrected chi connectivity index (χ3v) is 5.03. The topological polar surface area (TPSA) is 12.0 Å². The van der Waals surface area contributed by atoms with Crippen LogP contribution in [0.25, 0.3) is 0 Å². The highest BCUT2D eigenvalue weighted by molar-refractivity contribution is 7.10. The minimum Gasteiger partial charge on any atom is -0.308 e. The molecule has 0 aromatic carbocycles. The molecule has 1 unspecified atom stereocenters. The highest BCUT2D eigenvalue weighted by Gasteiger charge is 2.29. The summed E-state index contributed by atoms with van der Waals surface area (Å²) in [6.07, 6.45) is 5.64. The van der Waals surface area contributed by atoms with E-state index in [1.807, 2.05) is 11.3 Å². The Hall–Kier alpha value is -0.340. The molecule has 1 saturated carbocycles. The van der Waals surface area contributed by atoms with E-state index in [4.69, 9.17) is 0 Å². The molecule has 17 heavy (non-hydrogen) atoms. The average molecular weight is 251 g/mol. The quantitative estimate of drug-likeness (QED) is 0.805. The van der Waals surface area contributed by atoms with Crippen molar-refractivity contribution in [2.24, 2.45) is 11.3 Å². The lowest BCUT2D eigenvalue weighted by molar-refractivity contribution is 0.279. The molecule has 0 bridgehead atoms. The third-order valence-electron chi connectivity index (χ3n) is 4.08. The van der Waals surface area contributed by atoms with E-state index in [1.165, 1.54) is 37.1 Å². The summed E-state index contributed by atoms with van der Waals surface area (Å²) in [5, 5.41) is 6.00. The zero-order valence-corrected chi connectivity index (χ0v) is 12.1. The van der Waals surface area contributed by atoms with E-state index in [2.05, 4.69) is 43.6 Å². The molecule has 96 valence electrons. The number of hydrogen-bond donors (Lipinski definition) is 1. The lowest BCUT2D eigenvalue weighted by Crippen LogP contribution is -2.34. The van der Waals surface area contributed by atoms with E-state index in [0.29, 0.717) is 17.4 Å². The van der Waals surface area contributed by atoms with Gasteiger partial charge in [0.2, 0.25) is 0 Å². The van der Waals surface area contributed by atoms with Crippen LogP contribution in [-0.2, 0) is 0 Å². The Bertz CT molecular complexity index is 323. The molecule has 1 fully saturated rings. The van der Waals surface area contributed by atoms with Gasteiger partial charge in [0.1, 0.15) is 0 Å². The fraction of sp³-hybridized carbons (Fsp3) is 0.733. The standard InChI is InChI=1S/C15H25NS/c1-12(2)14(13-7-6-10-17-13)16-11-15(3)8-4-5-9-15/h6-7,10,12,14,16H,4-5,8-9,11H2,1-3H3. The molecule has 1 nitrogen and oxygen atoms in total. The molecule has 1 N–H and O–H groups in total. The van der Waals surface area contributed by atoms with Gasteiger partial charge in [-0.2, -0.15) is 0 Å². The molecule has 1 aromatic heterocycles. The van der Waals surface area contributed by atoms with Crippen molar-refractivity contribution < 1.29 is 0 Å². The van der Waals surface area contributed by atoms with E-state index in [9.17, 15) is 0 Å². The second-order valence-corrected chi connectivity index (χ2v) is 7.12. The molecule has 0 aliphatic heterocycles. The van der Waals surface area contributed by atoms with E-state index >= 15 is 0 Å². The van der Waals surface area contributed by atoms with Crippen LogP contribution < -0.4 is 5.32 Å². The molecule has 1 atom stereocenters. The Morgan fingerprint density at radius 2 is 2.06 bits per heavy atom. The molecule has 1 aromatic rings. The van der Waals surface area contributed by atoms with Crippen molar-refractivity contribution >= 4 is 11.3 Å². The van der Waals surface area contributed by atoms with Crippen molar-refractivity contribution in [1.29, 1.82) is 0 Å². The first-order valence-corrected chi connectivity index (χ1v) is 7.75. The van der Waals surface area contributed by atoms with Crippen molar-refractivity contribution in [2.75, 3.05) is 6.54 Å². The van der Waals surface area contributed by atoms with E-state index in [0.717, 1.165) is 0 Å². The number of rotatable bonds is 5. The Kier molecular flexibility index (Phi) is 4.26. The van der Waals surface area contributed by atoms with Gasteiger partial charge in [0.05, 0.1) is 0 Å². The van der Waals surface area contributed by atoms with Gasteiger partial charge in [-0.25, -0.2) is 0 Å². The van der Waals surface area contributed by atoms with E-state index < -0.39 is 0 Å². The Morgan fingerprint density at radius 1 is 1.35 bits per heavy atom. The monoisotopic (exact) mass is 251 g/mol. The maximum Gasteiger partial charge on any atom is 0.0438 e. The molecular formula is C15H25NS. The zero-order chi connectivity index (χ0) is 12.3. The molecule has 2 heteroatoms. The number of nitrogens with one attached hydrogen (secondary N) is 1. The van der Waals surface area contributed by atoms with E-state index in [1.54, 1.807) is 0 Å². The smallest absolute Gasteiger partial charge is 0.0438 e. The fourth-order valence-electron chi connectivity index (χ4n) is 2.89. The van der Waals surface area contributed by atoms with E-state index in [-0.39, 0.29) is 0 Å². The molecule has 0 radical (unpaired) electrons. The van der Waals surface area contributed by atoms with Crippen LogP contribution in [0.3, 0.4) is 0 Å². The second kappa shape index (κ2) is 5.53. The summed E-state index contributed by atoms with van der Waals surface area (Å²) >= 11 is 1.88. The Balaban J connectivity index is 1.95. The van der Waals surface area contributed by atoms with Crippen LogP contribution in [0.5, 0.6) is 0 Å². The maximum atomic E-state index is 3.81. The molecule has 1 aliphatic rings. The summed E-state index contributed by atoms with van der Waals surface area (Å²) in [6, 6.07) is 4.96. The first kappa shape index (κ1) is 13.1. The fourth-order valence-corrected chi connectivity index (χ4v) is 3.87. The first-order chi connectivity index (χ1) is 8.11. The van der Waals surface area contributed by atoms with Gasteiger partial charge in [-0.3, -0.25) is 0 Å². The molecular weight excluding hydrogens is 226 g/mol. The lowest BCUT2D eigenvalue weighted by Gasteiger charge is -2.29. The highest BCUT2D eigenvalue weighted by Crippen LogP contribution is 2.37. The van der Waals surface area contributed by atoms with Crippen molar-refractivity contribution in [3.8, 4) is 0 Å². The first-order valence-electron chi connectivity index (χ1n) is 6.87. The maximum absolute atomic E-state index is 3.81. The van der Waals surface area contributed by atoms with Gasteiger partial charge >= 0.3 is 0 Å². The Morgan fingerprint density at radius 3 is 2.59 bits per heavy atom. The second-order valence-electron chi connectivity index (χ2n) is 6.14. The van der Waals surface area contributed by atoms with Crippen LogP contribution in [-0.4, -0.2) is 6.54 Å². The van der Waals surface area contributed by atoms with Crippen LogP contribution in [0.15, 0.2) is 17.5 Å². The van der Waals surface area contributed by atoms with Gasteiger partial charge in [-0.05, 0) is 35.6 Å².